The molecule has 21 heavy (non-hydrogen) atoms. The van der Waals surface area contributed by atoms with Crippen molar-refractivity contribution in [3.8, 4) is 0 Å². The van der Waals surface area contributed by atoms with Gasteiger partial charge in [0.25, 0.3) is 0 Å². The molecule has 0 spiro atoms. The summed E-state index contributed by atoms with van der Waals surface area (Å²) in [5, 5.41) is 3.29. The van der Waals surface area contributed by atoms with E-state index in [1.165, 1.54) is 5.57 Å². The lowest BCUT2D eigenvalue weighted by Gasteiger charge is -2.09. The number of hydrogen-bond donors (Lipinski definition) is 1. The highest BCUT2D eigenvalue weighted by Gasteiger charge is 2.18. The van der Waals surface area contributed by atoms with Crippen LogP contribution in [0.3, 0.4) is 0 Å². The van der Waals surface area contributed by atoms with Crippen LogP contribution in [0.5, 0.6) is 0 Å². The van der Waals surface area contributed by atoms with E-state index in [0.717, 1.165) is 17.7 Å². The fourth-order valence-corrected chi connectivity index (χ4v) is 2.16. The van der Waals surface area contributed by atoms with Crippen LogP contribution in [0, 0.1) is 0 Å². The molecule has 2 rings (SSSR count). The summed E-state index contributed by atoms with van der Waals surface area (Å²) < 4.78 is 11.0. The summed E-state index contributed by atoms with van der Waals surface area (Å²) in [5.74, 6) is 0. The zero-order chi connectivity index (χ0) is 14.9. The van der Waals surface area contributed by atoms with Gasteiger partial charge < -0.3 is 14.8 Å². The zero-order valence-electron chi connectivity index (χ0n) is 12.7. The molecule has 0 saturated carbocycles. The lowest BCUT2D eigenvalue weighted by molar-refractivity contribution is -0.00831. The Bertz CT molecular complexity index is 515. The Morgan fingerprint density at radius 3 is 2.90 bits per heavy atom. The van der Waals surface area contributed by atoms with Crippen LogP contribution in [0.2, 0.25) is 0 Å². The Hall–Kier alpha value is -1.84. The van der Waals surface area contributed by atoms with Gasteiger partial charge >= 0.3 is 0 Å². The highest BCUT2D eigenvalue weighted by molar-refractivity contribution is 5.33. The van der Waals surface area contributed by atoms with Gasteiger partial charge in [-0.2, -0.15) is 0 Å². The number of hydrogen-bond acceptors (Lipinski definition) is 3. The first kappa shape index (κ1) is 15.5. The van der Waals surface area contributed by atoms with Gasteiger partial charge in [0.1, 0.15) is 0 Å². The van der Waals surface area contributed by atoms with Crippen molar-refractivity contribution in [3.05, 3.63) is 71.7 Å². The molecular formula is C18H23NO2. The minimum absolute atomic E-state index is 0.241. The Kier molecular flexibility index (Phi) is 6.25. The SMILES string of the molecule is C\C=C/C(=C\C=C\NC1=CCC=CC(C)=C1)C1OCCO1. The third-order valence-corrected chi connectivity index (χ3v) is 3.13. The van der Waals surface area contributed by atoms with Gasteiger partial charge in [0, 0.05) is 17.5 Å². The third-order valence-electron chi connectivity index (χ3n) is 3.13. The van der Waals surface area contributed by atoms with Crippen LogP contribution >= 0.6 is 0 Å². The van der Waals surface area contributed by atoms with Gasteiger partial charge in [-0.1, -0.05) is 36.5 Å². The number of nitrogens with one attached hydrogen (secondary N) is 1. The Labute approximate surface area is 127 Å². The zero-order valence-corrected chi connectivity index (χ0v) is 12.7. The van der Waals surface area contributed by atoms with Crippen LogP contribution in [-0.2, 0) is 9.47 Å². The van der Waals surface area contributed by atoms with Gasteiger partial charge in [-0.15, -0.1) is 0 Å². The van der Waals surface area contributed by atoms with E-state index in [4.69, 9.17) is 9.47 Å². The second kappa shape index (κ2) is 8.45. The largest absolute Gasteiger partial charge is 0.362 e. The molecule has 2 aliphatic rings. The van der Waals surface area contributed by atoms with E-state index in [1.54, 1.807) is 0 Å². The first-order valence-corrected chi connectivity index (χ1v) is 7.34. The number of allylic oxidation sites excluding steroid dienone is 8. The van der Waals surface area contributed by atoms with Crippen molar-refractivity contribution in [2.75, 3.05) is 13.2 Å². The van der Waals surface area contributed by atoms with E-state index in [2.05, 4.69) is 36.5 Å². The summed E-state index contributed by atoms with van der Waals surface area (Å²) in [6.07, 6.45) is 19.2. The Balaban J connectivity index is 1.94. The topological polar surface area (TPSA) is 30.5 Å². The summed E-state index contributed by atoms with van der Waals surface area (Å²) in [5.41, 5.74) is 3.39. The van der Waals surface area contributed by atoms with Crippen molar-refractivity contribution >= 4 is 0 Å². The second-order valence-corrected chi connectivity index (χ2v) is 4.93. The minimum Gasteiger partial charge on any atom is -0.362 e. The molecule has 0 aromatic carbocycles. The third kappa shape index (κ3) is 5.21. The van der Waals surface area contributed by atoms with Crippen molar-refractivity contribution in [1.29, 1.82) is 0 Å². The molecular weight excluding hydrogens is 262 g/mol. The molecule has 0 amide bonds. The smallest absolute Gasteiger partial charge is 0.184 e. The van der Waals surface area contributed by atoms with Gasteiger partial charge in [-0.25, -0.2) is 0 Å². The van der Waals surface area contributed by atoms with Gasteiger partial charge in [-0.05, 0) is 38.0 Å². The van der Waals surface area contributed by atoms with Crippen molar-refractivity contribution < 1.29 is 9.47 Å². The predicted molar refractivity (Wildman–Crippen MR) is 86.5 cm³/mol. The standard InChI is InChI=1S/C18H23NO2/c1-3-7-16(18-20-12-13-21-18)9-6-11-19-17-10-5-4-8-15(2)14-17/h3-4,6-11,14,18-19H,5,12-13H2,1-2H3/b7-3-,11-6+,16-9+. The fraction of sp³-hybridized carbons (Fsp3) is 0.333. The molecule has 3 nitrogen and oxygen atoms in total. The molecule has 1 aliphatic heterocycles. The average Bonchev–Trinajstić information content (AvgIpc) is 2.92. The summed E-state index contributed by atoms with van der Waals surface area (Å²) in [6.45, 7) is 5.40. The Morgan fingerprint density at radius 1 is 1.33 bits per heavy atom. The minimum atomic E-state index is -0.241. The van der Waals surface area contributed by atoms with E-state index in [0.29, 0.717) is 13.2 Å². The molecule has 3 heteroatoms. The van der Waals surface area contributed by atoms with Gasteiger partial charge in [-0.3, -0.25) is 0 Å². The molecule has 0 bridgehead atoms. The first-order chi connectivity index (χ1) is 10.3. The van der Waals surface area contributed by atoms with Crippen molar-refractivity contribution in [3.63, 3.8) is 0 Å². The summed E-state index contributed by atoms with van der Waals surface area (Å²) in [6, 6.07) is 0. The molecule has 0 unspecified atom stereocenters. The van der Waals surface area contributed by atoms with E-state index < -0.39 is 0 Å². The summed E-state index contributed by atoms with van der Waals surface area (Å²) in [4.78, 5) is 0. The van der Waals surface area contributed by atoms with Crippen LogP contribution in [-0.4, -0.2) is 19.5 Å². The molecule has 0 radical (unpaired) electrons. The van der Waals surface area contributed by atoms with Gasteiger partial charge in [0.05, 0.1) is 13.2 Å². The summed E-state index contributed by atoms with van der Waals surface area (Å²) in [7, 11) is 0. The maximum absolute atomic E-state index is 5.52. The van der Waals surface area contributed by atoms with Crippen LogP contribution in [0.15, 0.2) is 71.7 Å². The van der Waals surface area contributed by atoms with Crippen LogP contribution in [0.25, 0.3) is 0 Å². The van der Waals surface area contributed by atoms with Crippen molar-refractivity contribution in [2.45, 2.75) is 26.6 Å². The summed E-state index contributed by atoms with van der Waals surface area (Å²) >= 11 is 0. The molecule has 1 aliphatic carbocycles. The monoisotopic (exact) mass is 285 g/mol. The van der Waals surface area contributed by atoms with E-state index in [1.807, 2.05) is 37.4 Å². The normalized spacial score (nSPS) is 21.0. The molecule has 0 atom stereocenters. The second-order valence-electron chi connectivity index (χ2n) is 4.93. The van der Waals surface area contributed by atoms with Crippen LogP contribution < -0.4 is 5.32 Å². The quantitative estimate of drug-likeness (QED) is 0.780. The molecule has 1 heterocycles. The van der Waals surface area contributed by atoms with Crippen molar-refractivity contribution in [1.82, 2.24) is 5.32 Å². The molecule has 1 fully saturated rings. The molecule has 0 aromatic rings. The molecule has 1 N–H and O–H groups in total. The average molecular weight is 285 g/mol. The molecule has 112 valence electrons. The van der Waals surface area contributed by atoms with E-state index in [9.17, 15) is 0 Å². The maximum Gasteiger partial charge on any atom is 0.184 e. The number of ether oxygens (including phenoxy) is 2. The first-order valence-electron chi connectivity index (χ1n) is 7.34. The van der Waals surface area contributed by atoms with Crippen molar-refractivity contribution in [2.24, 2.45) is 0 Å². The van der Waals surface area contributed by atoms with E-state index in [-0.39, 0.29) is 6.29 Å². The predicted octanol–water partition coefficient (Wildman–Crippen LogP) is 3.76. The Morgan fingerprint density at radius 2 is 2.14 bits per heavy atom. The lowest BCUT2D eigenvalue weighted by atomic mass is 10.2. The maximum atomic E-state index is 5.52. The highest BCUT2D eigenvalue weighted by atomic mass is 16.7. The number of rotatable bonds is 5. The van der Waals surface area contributed by atoms with Crippen LogP contribution in [0.4, 0.5) is 0 Å². The van der Waals surface area contributed by atoms with Gasteiger partial charge in [0.15, 0.2) is 6.29 Å². The molecule has 0 aromatic heterocycles. The fourth-order valence-electron chi connectivity index (χ4n) is 2.16. The highest BCUT2D eigenvalue weighted by Crippen LogP contribution is 2.15. The van der Waals surface area contributed by atoms with Crippen LogP contribution in [0.1, 0.15) is 20.3 Å². The van der Waals surface area contributed by atoms with E-state index >= 15 is 0 Å². The molecule has 1 saturated heterocycles. The van der Waals surface area contributed by atoms with Gasteiger partial charge in [0.2, 0.25) is 0 Å². The lowest BCUT2D eigenvalue weighted by Crippen LogP contribution is -2.09.